The summed E-state index contributed by atoms with van der Waals surface area (Å²) >= 11 is 1.34. The third-order valence-electron chi connectivity index (χ3n) is 4.44. The van der Waals surface area contributed by atoms with Crippen LogP contribution in [0.25, 0.3) is 0 Å². The van der Waals surface area contributed by atoms with Crippen LogP contribution in [0.4, 0.5) is 11.4 Å². The zero-order chi connectivity index (χ0) is 21.1. The summed E-state index contributed by atoms with van der Waals surface area (Å²) in [5.74, 6) is -0.772. The molecule has 0 bridgehead atoms. The maximum Gasteiger partial charge on any atom is 0.238 e. The molecule has 0 spiro atoms. The smallest absolute Gasteiger partial charge is 0.238 e. The van der Waals surface area contributed by atoms with Crippen LogP contribution in [0.15, 0.2) is 24.3 Å². The number of hydrogen-bond acceptors (Lipinski definition) is 6. The lowest BCUT2D eigenvalue weighted by Crippen LogP contribution is -2.51. The van der Waals surface area contributed by atoms with E-state index in [1.807, 2.05) is 52.0 Å². The number of primary amides is 1. The van der Waals surface area contributed by atoms with E-state index in [9.17, 15) is 14.4 Å². The number of nitrogens with one attached hydrogen (secondary N) is 2. The summed E-state index contributed by atoms with van der Waals surface area (Å²) < 4.78 is 0. The molecular formula is C19H29N5O3S. The number of benzene rings is 1. The molecule has 0 aliphatic carbocycles. The molecule has 1 heterocycles. The van der Waals surface area contributed by atoms with Crippen molar-refractivity contribution in [2.24, 2.45) is 16.9 Å². The fourth-order valence-electron chi connectivity index (χ4n) is 2.74. The molecular weight excluding hydrogens is 378 g/mol. The number of carbonyl (C=O) groups excluding carboxylic acids is 3. The van der Waals surface area contributed by atoms with Crippen molar-refractivity contribution >= 4 is 40.9 Å². The lowest BCUT2D eigenvalue weighted by Gasteiger charge is -2.25. The average molecular weight is 408 g/mol. The molecule has 3 atom stereocenters. The molecule has 154 valence electrons. The number of thioether (sulfide) groups is 1. The first-order valence-corrected chi connectivity index (χ1v) is 10.1. The highest BCUT2D eigenvalue weighted by atomic mass is 32.2. The Hall–Kier alpha value is -2.26. The normalized spacial score (nSPS) is 20.8. The molecule has 1 aliphatic rings. The van der Waals surface area contributed by atoms with Gasteiger partial charge in [0.05, 0.1) is 0 Å². The first-order chi connectivity index (χ1) is 13.0. The third-order valence-corrected chi connectivity index (χ3v) is 5.96. The number of likely N-dealkylation sites (N-methyl/N-ethyl adjacent to an activating group) is 1. The first-order valence-electron chi connectivity index (χ1n) is 9.20. The van der Waals surface area contributed by atoms with Crippen LogP contribution < -0.4 is 22.1 Å². The van der Waals surface area contributed by atoms with Gasteiger partial charge >= 0.3 is 0 Å². The van der Waals surface area contributed by atoms with Crippen LogP contribution in [0.1, 0.15) is 27.7 Å². The van der Waals surface area contributed by atoms with Crippen molar-refractivity contribution in [2.75, 3.05) is 23.7 Å². The minimum absolute atomic E-state index is 0.0705. The summed E-state index contributed by atoms with van der Waals surface area (Å²) in [6, 6.07) is 6.41. The van der Waals surface area contributed by atoms with Crippen molar-refractivity contribution in [1.29, 1.82) is 0 Å². The number of nitrogens with two attached hydrogens (primary N) is 2. The van der Waals surface area contributed by atoms with Gasteiger partial charge in [0, 0.05) is 29.9 Å². The van der Waals surface area contributed by atoms with Gasteiger partial charge in [0.25, 0.3) is 0 Å². The van der Waals surface area contributed by atoms with Crippen molar-refractivity contribution in [1.82, 2.24) is 4.90 Å². The monoisotopic (exact) mass is 407 g/mol. The van der Waals surface area contributed by atoms with Gasteiger partial charge in [0.2, 0.25) is 17.7 Å². The summed E-state index contributed by atoms with van der Waals surface area (Å²) in [5, 5.41) is 5.28. The Morgan fingerprint density at radius 2 is 1.93 bits per heavy atom. The zero-order valence-corrected chi connectivity index (χ0v) is 17.5. The molecule has 2 rings (SSSR count). The molecule has 1 unspecified atom stereocenters. The van der Waals surface area contributed by atoms with Gasteiger partial charge in [-0.1, -0.05) is 26.8 Å². The van der Waals surface area contributed by atoms with E-state index in [0.29, 0.717) is 18.8 Å². The molecule has 1 saturated heterocycles. The van der Waals surface area contributed by atoms with Crippen LogP contribution in [0, 0.1) is 5.41 Å². The highest BCUT2D eigenvalue weighted by Crippen LogP contribution is 2.33. The van der Waals surface area contributed by atoms with E-state index in [1.165, 1.54) is 11.8 Å². The minimum atomic E-state index is -0.908. The molecule has 9 heteroatoms. The Bertz CT molecular complexity index is 749. The van der Waals surface area contributed by atoms with Crippen molar-refractivity contribution < 1.29 is 14.4 Å². The molecule has 28 heavy (non-hydrogen) atoms. The summed E-state index contributed by atoms with van der Waals surface area (Å²) in [6.07, 6.45) is 0. The van der Waals surface area contributed by atoms with E-state index in [4.69, 9.17) is 11.5 Å². The number of nitrogens with zero attached hydrogens (tertiary/aromatic N) is 1. The molecule has 0 aromatic heterocycles. The van der Waals surface area contributed by atoms with Crippen LogP contribution in [0.3, 0.4) is 0 Å². The largest absolute Gasteiger partial charge is 0.383 e. The van der Waals surface area contributed by atoms with Crippen LogP contribution in [0.5, 0.6) is 0 Å². The van der Waals surface area contributed by atoms with Crippen molar-refractivity contribution in [2.45, 2.75) is 44.4 Å². The Morgan fingerprint density at radius 3 is 2.50 bits per heavy atom. The van der Waals surface area contributed by atoms with Gasteiger partial charge in [-0.2, -0.15) is 0 Å². The van der Waals surface area contributed by atoms with Gasteiger partial charge in [-0.3, -0.25) is 14.4 Å². The SMILES string of the molecule is CCN1C(=O)[C@@H](CNc2cccc(NC(=O)C(C)(C)C)c2)SC1[C@H](N)C(N)=O. The Kier molecular flexibility index (Phi) is 6.95. The van der Waals surface area contributed by atoms with Gasteiger partial charge in [-0.15, -0.1) is 11.8 Å². The van der Waals surface area contributed by atoms with Gasteiger partial charge in [-0.05, 0) is 25.1 Å². The quantitative estimate of drug-likeness (QED) is 0.537. The van der Waals surface area contributed by atoms with E-state index < -0.39 is 22.7 Å². The number of amides is 3. The Balaban J connectivity index is 2.02. The van der Waals surface area contributed by atoms with Crippen molar-refractivity contribution in [3.8, 4) is 0 Å². The van der Waals surface area contributed by atoms with Crippen molar-refractivity contribution in [3.63, 3.8) is 0 Å². The van der Waals surface area contributed by atoms with Crippen LogP contribution in [-0.2, 0) is 14.4 Å². The van der Waals surface area contributed by atoms with Gasteiger partial charge in [-0.25, -0.2) is 0 Å². The van der Waals surface area contributed by atoms with Crippen molar-refractivity contribution in [3.05, 3.63) is 24.3 Å². The minimum Gasteiger partial charge on any atom is -0.383 e. The second-order valence-electron chi connectivity index (χ2n) is 7.73. The van der Waals surface area contributed by atoms with Gasteiger partial charge in [0.15, 0.2) is 0 Å². The number of rotatable bonds is 7. The molecule has 3 amide bonds. The zero-order valence-electron chi connectivity index (χ0n) is 16.7. The third kappa shape index (κ3) is 5.17. The van der Waals surface area contributed by atoms with Crippen LogP contribution in [0.2, 0.25) is 0 Å². The predicted octanol–water partition coefficient (Wildman–Crippen LogP) is 1.19. The summed E-state index contributed by atoms with van der Waals surface area (Å²) in [4.78, 5) is 37.8. The van der Waals surface area contributed by atoms with E-state index in [0.717, 1.165) is 5.69 Å². The Morgan fingerprint density at radius 1 is 1.29 bits per heavy atom. The molecule has 1 fully saturated rings. The summed E-state index contributed by atoms with van der Waals surface area (Å²) in [5.41, 5.74) is 12.2. The predicted molar refractivity (Wildman–Crippen MR) is 113 cm³/mol. The highest BCUT2D eigenvalue weighted by Gasteiger charge is 2.43. The summed E-state index contributed by atoms with van der Waals surface area (Å²) in [6.45, 7) is 8.22. The number of hydrogen-bond donors (Lipinski definition) is 4. The second kappa shape index (κ2) is 8.83. The topological polar surface area (TPSA) is 131 Å². The van der Waals surface area contributed by atoms with E-state index in [1.54, 1.807) is 4.90 Å². The molecule has 8 nitrogen and oxygen atoms in total. The van der Waals surface area contributed by atoms with Crippen LogP contribution in [-0.4, -0.2) is 52.4 Å². The van der Waals surface area contributed by atoms with Crippen LogP contribution >= 0.6 is 11.8 Å². The standard InChI is InChI=1S/C19H29N5O3S/c1-5-24-16(26)13(28-17(24)14(20)15(21)25)10-22-11-7-6-8-12(9-11)23-18(27)19(2,3)4/h6-9,13-14,17,22H,5,10,20H2,1-4H3,(H2,21,25)(H,23,27)/t13-,14-,17?/m1/s1. The molecule has 1 aromatic rings. The van der Waals surface area contributed by atoms with Gasteiger partial charge in [0.1, 0.15) is 16.7 Å². The molecule has 6 N–H and O–H groups in total. The fourth-order valence-corrected chi connectivity index (χ4v) is 4.21. The van der Waals surface area contributed by atoms with E-state index in [2.05, 4.69) is 10.6 Å². The maximum atomic E-state index is 12.6. The Labute approximate surface area is 169 Å². The number of carbonyl (C=O) groups is 3. The second-order valence-corrected chi connectivity index (χ2v) is 9.06. The summed E-state index contributed by atoms with van der Waals surface area (Å²) in [7, 11) is 0. The lowest BCUT2D eigenvalue weighted by molar-refractivity contribution is -0.130. The average Bonchev–Trinajstić information content (AvgIpc) is 2.94. The lowest BCUT2D eigenvalue weighted by atomic mass is 9.95. The first kappa shape index (κ1) is 22.0. The number of anilines is 2. The molecule has 0 saturated carbocycles. The van der Waals surface area contributed by atoms with E-state index >= 15 is 0 Å². The van der Waals surface area contributed by atoms with E-state index in [-0.39, 0.29) is 17.1 Å². The maximum absolute atomic E-state index is 12.6. The molecule has 1 aromatic carbocycles. The van der Waals surface area contributed by atoms with Gasteiger partial charge < -0.3 is 27.0 Å². The molecule has 0 radical (unpaired) electrons. The molecule has 1 aliphatic heterocycles. The highest BCUT2D eigenvalue weighted by molar-refractivity contribution is 8.01. The fraction of sp³-hybridized carbons (Fsp3) is 0.526.